The van der Waals surface area contributed by atoms with Crippen LogP contribution in [0.3, 0.4) is 0 Å². The van der Waals surface area contributed by atoms with Crippen LogP contribution >= 0.6 is 15.9 Å². The van der Waals surface area contributed by atoms with E-state index in [-0.39, 0.29) is 5.82 Å². The lowest BCUT2D eigenvalue weighted by molar-refractivity contribution is 0.0692. The zero-order valence-corrected chi connectivity index (χ0v) is 11.5. The average Bonchev–Trinajstić information content (AvgIpc) is 2.37. The fourth-order valence-electron chi connectivity index (χ4n) is 1.57. The molecule has 2 rings (SSSR count). The van der Waals surface area contributed by atoms with Crippen molar-refractivity contribution < 1.29 is 14.3 Å². The van der Waals surface area contributed by atoms with E-state index in [1.165, 1.54) is 6.20 Å². The minimum atomic E-state index is -1.33. The van der Waals surface area contributed by atoms with E-state index in [1.54, 1.807) is 12.1 Å². The van der Waals surface area contributed by atoms with Crippen molar-refractivity contribution >= 4 is 33.4 Å². The van der Waals surface area contributed by atoms with Gasteiger partial charge in [0.15, 0.2) is 11.6 Å². The number of nitrogens with one attached hydrogen (secondary N) is 1. The highest BCUT2D eigenvalue weighted by molar-refractivity contribution is 9.10. The molecular formula is C13H10BrFN2O2. The van der Waals surface area contributed by atoms with Gasteiger partial charge in [0.2, 0.25) is 0 Å². The predicted molar refractivity (Wildman–Crippen MR) is 73.3 cm³/mol. The lowest BCUT2D eigenvalue weighted by Gasteiger charge is -2.11. The molecule has 0 spiro atoms. The molecule has 0 saturated carbocycles. The Kier molecular flexibility index (Phi) is 3.80. The molecule has 1 aromatic heterocycles. The fraction of sp³-hybridized carbons (Fsp3) is 0.0769. The van der Waals surface area contributed by atoms with Gasteiger partial charge in [-0.05, 0) is 30.7 Å². The van der Waals surface area contributed by atoms with Gasteiger partial charge < -0.3 is 10.4 Å². The van der Waals surface area contributed by atoms with Gasteiger partial charge in [-0.25, -0.2) is 14.2 Å². The van der Waals surface area contributed by atoms with Gasteiger partial charge >= 0.3 is 5.97 Å². The first kappa shape index (κ1) is 13.5. The molecule has 4 nitrogen and oxygen atoms in total. The number of hydrogen-bond donors (Lipinski definition) is 2. The molecule has 0 aliphatic rings. The van der Waals surface area contributed by atoms with Crippen LogP contribution in [-0.2, 0) is 0 Å². The summed E-state index contributed by atoms with van der Waals surface area (Å²) in [6.45, 7) is 1.85. The molecule has 19 heavy (non-hydrogen) atoms. The van der Waals surface area contributed by atoms with Gasteiger partial charge in [-0.2, -0.15) is 0 Å². The Morgan fingerprint density at radius 3 is 2.84 bits per heavy atom. The summed E-state index contributed by atoms with van der Waals surface area (Å²) < 4.78 is 14.8. The first-order chi connectivity index (χ1) is 9.00. The molecule has 0 fully saturated rings. The number of carboxylic acids is 1. The summed E-state index contributed by atoms with van der Waals surface area (Å²) in [5.74, 6) is -2.32. The fourth-order valence-corrected chi connectivity index (χ4v) is 1.93. The van der Waals surface area contributed by atoms with Crippen LogP contribution < -0.4 is 5.32 Å². The van der Waals surface area contributed by atoms with Gasteiger partial charge in [0.25, 0.3) is 0 Å². The Morgan fingerprint density at radius 2 is 2.16 bits per heavy atom. The minimum absolute atomic E-state index is 0.110. The Hall–Kier alpha value is -1.95. The van der Waals surface area contributed by atoms with Crippen LogP contribution in [0.2, 0.25) is 0 Å². The van der Waals surface area contributed by atoms with Crippen molar-refractivity contribution in [1.29, 1.82) is 0 Å². The highest BCUT2D eigenvalue weighted by Gasteiger charge is 2.15. The van der Waals surface area contributed by atoms with Gasteiger partial charge in [0, 0.05) is 16.4 Å². The van der Waals surface area contributed by atoms with Gasteiger partial charge in [-0.3, -0.25) is 0 Å². The third-order valence-electron chi connectivity index (χ3n) is 2.64. The van der Waals surface area contributed by atoms with E-state index in [0.717, 1.165) is 16.1 Å². The second-order valence-corrected chi connectivity index (χ2v) is 4.72. The van der Waals surface area contributed by atoms with Crippen molar-refractivity contribution in [3.63, 3.8) is 0 Å². The summed E-state index contributed by atoms with van der Waals surface area (Å²) in [7, 11) is 0. The number of rotatable bonds is 3. The monoisotopic (exact) mass is 324 g/mol. The number of hydrogen-bond acceptors (Lipinski definition) is 3. The molecule has 98 valence electrons. The highest BCUT2D eigenvalue weighted by Crippen LogP contribution is 2.27. The lowest BCUT2D eigenvalue weighted by Crippen LogP contribution is -2.06. The minimum Gasteiger partial charge on any atom is -0.478 e. The number of halogens is 2. The van der Waals surface area contributed by atoms with Crippen LogP contribution in [0.5, 0.6) is 0 Å². The molecule has 2 N–H and O–H groups in total. The summed E-state index contributed by atoms with van der Waals surface area (Å²) in [4.78, 5) is 14.7. The van der Waals surface area contributed by atoms with Crippen LogP contribution in [-0.4, -0.2) is 16.1 Å². The summed E-state index contributed by atoms with van der Waals surface area (Å²) in [5.41, 5.74) is 1.12. The second kappa shape index (κ2) is 5.36. The van der Waals surface area contributed by atoms with Gasteiger partial charge in [0.05, 0.1) is 0 Å². The topological polar surface area (TPSA) is 62.2 Å². The Balaban J connectivity index is 2.42. The van der Waals surface area contributed by atoms with Crippen molar-refractivity contribution in [2.24, 2.45) is 0 Å². The van der Waals surface area contributed by atoms with Crippen LogP contribution in [0.25, 0.3) is 0 Å². The van der Waals surface area contributed by atoms with Gasteiger partial charge in [-0.15, -0.1) is 0 Å². The number of aromatic carboxylic acids is 1. The molecular weight excluding hydrogens is 315 g/mol. The number of carbonyl (C=O) groups is 1. The third-order valence-corrected chi connectivity index (χ3v) is 3.50. The number of pyridine rings is 1. The maximum atomic E-state index is 13.9. The van der Waals surface area contributed by atoms with E-state index in [4.69, 9.17) is 5.11 Å². The zero-order chi connectivity index (χ0) is 14.0. The van der Waals surface area contributed by atoms with E-state index < -0.39 is 17.3 Å². The zero-order valence-electron chi connectivity index (χ0n) is 9.95. The summed E-state index contributed by atoms with van der Waals surface area (Å²) in [6.07, 6.45) is 1.25. The van der Waals surface area contributed by atoms with Crippen LogP contribution in [0.15, 0.2) is 34.9 Å². The van der Waals surface area contributed by atoms with Crippen molar-refractivity contribution in [2.75, 3.05) is 5.32 Å². The number of aromatic nitrogens is 1. The molecule has 0 amide bonds. The molecule has 0 aliphatic carbocycles. The van der Waals surface area contributed by atoms with E-state index in [1.807, 2.05) is 13.0 Å². The molecule has 0 radical (unpaired) electrons. The predicted octanol–water partition coefficient (Wildman–Crippen LogP) is 3.73. The average molecular weight is 325 g/mol. The van der Waals surface area contributed by atoms with Gasteiger partial charge in [-0.1, -0.05) is 22.0 Å². The number of nitrogens with zero attached hydrogens (tertiary/aromatic N) is 1. The number of carboxylic acid groups (broad SMARTS) is 1. The molecule has 0 bridgehead atoms. The van der Waals surface area contributed by atoms with Crippen molar-refractivity contribution in [3.05, 3.63) is 51.9 Å². The molecule has 1 heterocycles. The van der Waals surface area contributed by atoms with Crippen molar-refractivity contribution in [2.45, 2.75) is 6.92 Å². The maximum Gasteiger partial charge on any atom is 0.338 e. The summed E-state index contributed by atoms with van der Waals surface area (Å²) in [6, 6.07) is 6.53. The second-order valence-electron chi connectivity index (χ2n) is 3.86. The number of anilines is 2. The smallest absolute Gasteiger partial charge is 0.338 e. The summed E-state index contributed by atoms with van der Waals surface area (Å²) >= 11 is 3.37. The molecule has 6 heteroatoms. The maximum absolute atomic E-state index is 13.9. The highest BCUT2D eigenvalue weighted by atomic mass is 79.9. The Labute approximate surface area is 117 Å². The van der Waals surface area contributed by atoms with Crippen LogP contribution in [0.4, 0.5) is 15.9 Å². The molecule has 0 saturated heterocycles. The molecule has 0 unspecified atom stereocenters. The van der Waals surface area contributed by atoms with Crippen molar-refractivity contribution in [3.8, 4) is 0 Å². The molecule has 0 atom stereocenters. The Bertz CT molecular complexity index is 647. The first-order valence-corrected chi connectivity index (χ1v) is 6.20. The van der Waals surface area contributed by atoms with Crippen LogP contribution in [0.1, 0.15) is 15.9 Å². The lowest BCUT2D eigenvalue weighted by atomic mass is 10.2. The summed E-state index contributed by atoms with van der Waals surface area (Å²) in [5, 5.41) is 11.6. The molecule has 1 aromatic carbocycles. The first-order valence-electron chi connectivity index (χ1n) is 5.40. The quantitative estimate of drug-likeness (QED) is 0.902. The standard InChI is InChI=1S/C13H10BrFN2O2/c1-7-9(14)3-2-4-10(7)17-12-11(15)8(13(18)19)5-6-16-12/h2-6H,1H3,(H,16,17)(H,18,19). The van der Waals surface area contributed by atoms with Crippen molar-refractivity contribution in [1.82, 2.24) is 4.98 Å². The Morgan fingerprint density at radius 1 is 1.42 bits per heavy atom. The molecule has 0 aliphatic heterocycles. The van der Waals surface area contributed by atoms with E-state index in [2.05, 4.69) is 26.2 Å². The van der Waals surface area contributed by atoms with Crippen LogP contribution in [0, 0.1) is 12.7 Å². The van der Waals surface area contributed by atoms with E-state index in [0.29, 0.717) is 5.69 Å². The largest absolute Gasteiger partial charge is 0.478 e. The number of benzene rings is 1. The third kappa shape index (κ3) is 2.73. The van der Waals surface area contributed by atoms with Gasteiger partial charge in [0.1, 0.15) is 5.56 Å². The SMILES string of the molecule is Cc1c(Br)cccc1Nc1nccc(C(=O)O)c1F. The van der Waals surface area contributed by atoms with E-state index in [9.17, 15) is 9.18 Å². The normalized spacial score (nSPS) is 10.3. The van der Waals surface area contributed by atoms with E-state index >= 15 is 0 Å². The molecule has 2 aromatic rings.